The number of nitrogens with zero attached hydrogens (tertiary/aromatic N) is 1. The molecule has 0 radical (unpaired) electrons. The summed E-state index contributed by atoms with van der Waals surface area (Å²) in [5.41, 5.74) is 5.91. The Labute approximate surface area is 214 Å². The second-order valence-corrected chi connectivity index (χ2v) is 10.9. The highest BCUT2D eigenvalue weighted by Gasteiger charge is 2.29. The first-order valence-corrected chi connectivity index (χ1v) is 14.3. The van der Waals surface area contributed by atoms with Crippen LogP contribution in [-0.2, 0) is 16.4 Å². The van der Waals surface area contributed by atoms with Crippen LogP contribution in [0.3, 0.4) is 0 Å². The first-order valence-electron chi connectivity index (χ1n) is 11.1. The molecule has 1 fully saturated rings. The Morgan fingerprint density at radius 3 is 2.15 bits per heavy atom. The lowest BCUT2D eigenvalue weighted by molar-refractivity contribution is 0.312. The van der Waals surface area contributed by atoms with Gasteiger partial charge in [-0.15, -0.1) is 12.6 Å². The molecular formula is C24H36ClN3O2S3. The molecule has 184 valence electrons. The highest BCUT2D eigenvalue weighted by molar-refractivity contribution is 7.97. The molecule has 0 aliphatic carbocycles. The largest absolute Gasteiger partial charge is 0.404 e. The summed E-state index contributed by atoms with van der Waals surface area (Å²) >= 11 is 11.3. The van der Waals surface area contributed by atoms with Gasteiger partial charge in [0.15, 0.2) is 0 Å². The SMILES string of the molecule is CCC.CCc1ccc(S(=O)(=O)N2CCC(NSc3ccccc3Cl)CC2)cc1.N/C=C\S. The standard InChI is InChI=1S/C19H23ClN2O2S2.C3H8.C2H5NS/c1-2-15-7-9-17(10-8-15)26(23,24)22-13-11-16(12-14-22)21-25-19-6-4-3-5-18(19)20;1-3-2;3-1-2-4/h3-10,16,21H,2,11-14H2,1H3;3H2,1-2H3;1-2,4H,3H2/b;;2-1-. The Morgan fingerprint density at radius 1 is 1.12 bits per heavy atom. The molecule has 1 heterocycles. The van der Waals surface area contributed by atoms with Gasteiger partial charge in [0.05, 0.1) is 9.92 Å². The molecule has 1 aliphatic heterocycles. The zero-order valence-corrected chi connectivity index (χ0v) is 22.9. The Kier molecular flexibility index (Phi) is 14.9. The zero-order chi connectivity index (χ0) is 24.7. The Hall–Kier alpha value is -1.16. The summed E-state index contributed by atoms with van der Waals surface area (Å²) < 4.78 is 30.6. The van der Waals surface area contributed by atoms with Gasteiger partial charge in [0.25, 0.3) is 0 Å². The Bertz CT molecular complexity index is 926. The van der Waals surface area contributed by atoms with Gasteiger partial charge >= 0.3 is 0 Å². The van der Waals surface area contributed by atoms with Gasteiger partial charge in [0, 0.05) is 24.0 Å². The molecule has 0 amide bonds. The summed E-state index contributed by atoms with van der Waals surface area (Å²) in [7, 11) is -3.41. The lowest BCUT2D eigenvalue weighted by Crippen LogP contribution is -2.43. The highest BCUT2D eigenvalue weighted by atomic mass is 35.5. The van der Waals surface area contributed by atoms with Crippen LogP contribution < -0.4 is 10.5 Å². The molecule has 1 saturated heterocycles. The Balaban J connectivity index is 0.000000688. The van der Waals surface area contributed by atoms with Crippen molar-refractivity contribution in [3.63, 3.8) is 0 Å². The average molecular weight is 530 g/mol. The van der Waals surface area contributed by atoms with E-state index in [-0.39, 0.29) is 6.04 Å². The van der Waals surface area contributed by atoms with Crippen LogP contribution in [0.2, 0.25) is 5.02 Å². The van der Waals surface area contributed by atoms with Crippen LogP contribution in [-0.4, -0.2) is 31.9 Å². The second-order valence-electron chi connectivity index (χ2n) is 7.37. The van der Waals surface area contributed by atoms with Crippen molar-refractivity contribution in [2.75, 3.05) is 13.1 Å². The fourth-order valence-corrected chi connectivity index (χ4v) is 5.50. The predicted molar refractivity (Wildman–Crippen MR) is 146 cm³/mol. The minimum atomic E-state index is -3.41. The van der Waals surface area contributed by atoms with Crippen LogP contribution in [0, 0.1) is 0 Å². The number of nitrogens with two attached hydrogens (primary N) is 1. The van der Waals surface area contributed by atoms with Gasteiger partial charge in [-0.1, -0.05) is 63.1 Å². The number of rotatable bonds is 6. The summed E-state index contributed by atoms with van der Waals surface area (Å²) in [5.74, 6) is 0. The van der Waals surface area contributed by atoms with Gasteiger partial charge in [-0.25, -0.2) is 8.42 Å². The summed E-state index contributed by atoms with van der Waals surface area (Å²) in [5, 5.41) is 2.19. The van der Waals surface area contributed by atoms with Crippen molar-refractivity contribution in [1.82, 2.24) is 9.03 Å². The van der Waals surface area contributed by atoms with Crippen molar-refractivity contribution in [2.45, 2.75) is 62.3 Å². The third kappa shape index (κ3) is 10.3. The quantitative estimate of drug-likeness (QED) is 0.310. The van der Waals surface area contributed by atoms with Gasteiger partial charge in [-0.3, -0.25) is 4.72 Å². The van der Waals surface area contributed by atoms with Crippen LogP contribution in [0.15, 0.2) is 69.9 Å². The van der Waals surface area contributed by atoms with Crippen molar-refractivity contribution in [3.8, 4) is 0 Å². The second kappa shape index (κ2) is 16.5. The number of sulfonamides is 1. The maximum Gasteiger partial charge on any atom is 0.243 e. The molecule has 33 heavy (non-hydrogen) atoms. The molecule has 3 rings (SSSR count). The molecular weight excluding hydrogens is 494 g/mol. The van der Waals surface area contributed by atoms with Crippen LogP contribution in [0.25, 0.3) is 0 Å². The first-order chi connectivity index (χ1) is 15.8. The summed E-state index contributed by atoms with van der Waals surface area (Å²) in [6.45, 7) is 7.36. The van der Waals surface area contributed by atoms with E-state index in [1.54, 1.807) is 16.4 Å². The van der Waals surface area contributed by atoms with Crippen molar-refractivity contribution >= 4 is 46.2 Å². The van der Waals surface area contributed by atoms with E-state index in [0.717, 1.165) is 34.7 Å². The van der Waals surface area contributed by atoms with Gasteiger partial charge in [-0.05, 0) is 72.6 Å². The monoisotopic (exact) mass is 529 g/mol. The van der Waals surface area contributed by atoms with Gasteiger partial charge in [0.1, 0.15) is 0 Å². The van der Waals surface area contributed by atoms with Gasteiger partial charge in [0.2, 0.25) is 10.0 Å². The number of halogens is 1. The molecule has 0 atom stereocenters. The fourth-order valence-electron chi connectivity index (χ4n) is 2.93. The van der Waals surface area contributed by atoms with Crippen LogP contribution in [0.4, 0.5) is 0 Å². The maximum absolute atomic E-state index is 12.8. The molecule has 0 saturated carbocycles. The van der Waals surface area contributed by atoms with Crippen molar-refractivity contribution < 1.29 is 8.42 Å². The van der Waals surface area contributed by atoms with Crippen LogP contribution in [0.1, 0.15) is 45.6 Å². The predicted octanol–water partition coefficient (Wildman–Crippen LogP) is 6.11. The van der Waals surface area contributed by atoms with Crippen LogP contribution >= 0.6 is 36.2 Å². The van der Waals surface area contributed by atoms with E-state index in [1.165, 1.54) is 30.0 Å². The summed E-state index contributed by atoms with van der Waals surface area (Å²) in [6, 6.07) is 15.2. The topological polar surface area (TPSA) is 75.4 Å². The maximum atomic E-state index is 12.8. The highest BCUT2D eigenvalue weighted by Crippen LogP contribution is 2.27. The van der Waals surface area contributed by atoms with E-state index in [0.29, 0.717) is 18.0 Å². The Morgan fingerprint density at radius 2 is 1.67 bits per heavy atom. The molecule has 3 N–H and O–H groups in total. The van der Waals surface area contributed by atoms with Crippen LogP contribution in [0.5, 0.6) is 0 Å². The summed E-state index contributed by atoms with van der Waals surface area (Å²) in [6.07, 6.45) is 5.08. The molecule has 0 aromatic heterocycles. The van der Waals surface area contributed by atoms with Crippen molar-refractivity contribution in [3.05, 3.63) is 70.7 Å². The van der Waals surface area contributed by atoms with E-state index in [9.17, 15) is 8.42 Å². The van der Waals surface area contributed by atoms with Gasteiger partial charge in [-0.2, -0.15) is 4.31 Å². The number of hydrogen-bond donors (Lipinski definition) is 3. The molecule has 5 nitrogen and oxygen atoms in total. The van der Waals surface area contributed by atoms with Crippen molar-refractivity contribution in [2.24, 2.45) is 5.73 Å². The molecule has 2 aromatic rings. The average Bonchev–Trinajstić information content (AvgIpc) is 2.84. The minimum absolute atomic E-state index is 0.269. The number of hydrogen-bond acceptors (Lipinski definition) is 6. The fraction of sp³-hybridized carbons (Fsp3) is 0.417. The number of nitrogens with one attached hydrogen (secondary N) is 1. The molecule has 0 spiro atoms. The first kappa shape index (κ1) is 29.9. The number of benzene rings is 2. The third-order valence-electron chi connectivity index (χ3n) is 4.68. The number of piperidine rings is 1. The smallest absolute Gasteiger partial charge is 0.243 e. The lowest BCUT2D eigenvalue weighted by Gasteiger charge is -2.31. The molecule has 0 bridgehead atoms. The van der Waals surface area contributed by atoms with E-state index in [1.807, 2.05) is 36.4 Å². The molecule has 2 aromatic carbocycles. The van der Waals surface area contributed by atoms with E-state index >= 15 is 0 Å². The zero-order valence-electron chi connectivity index (χ0n) is 19.6. The van der Waals surface area contributed by atoms with E-state index < -0.39 is 10.0 Å². The molecule has 9 heteroatoms. The molecule has 0 unspecified atom stereocenters. The third-order valence-corrected chi connectivity index (χ3v) is 8.24. The van der Waals surface area contributed by atoms with E-state index in [4.69, 9.17) is 17.3 Å². The van der Waals surface area contributed by atoms with Crippen molar-refractivity contribution in [1.29, 1.82) is 0 Å². The van der Waals surface area contributed by atoms with Gasteiger partial charge < -0.3 is 5.73 Å². The number of thiol groups is 1. The minimum Gasteiger partial charge on any atom is -0.404 e. The normalized spacial score (nSPS) is 14.8. The lowest BCUT2D eigenvalue weighted by atomic mass is 10.1. The number of aryl methyl sites for hydroxylation is 1. The molecule has 1 aliphatic rings. The summed E-state index contributed by atoms with van der Waals surface area (Å²) in [4.78, 5) is 1.37. The van der Waals surface area contributed by atoms with E-state index in [2.05, 4.69) is 38.1 Å².